The van der Waals surface area contributed by atoms with Gasteiger partial charge in [0.05, 0.1) is 0 Å². The second kappa shape index (κ2) is 6.67. The highest BCUT2D eigenvalue weighted by Crippen LogP contribution is 2.43. The van der Waals surface area contributed by atoms with Gasteiger partial charge in [0.2, 0.25) is 0 Å². The molecule has 1 aromatic carbocycles. The molecule has 4 nitrogen and oxygen atoms in total. The molecule has 2 aliphatic rings. The monoisotopic (exact) mass is 290 g/mol. The predicted molar refractivity (Wildman–Crippen MR) is 83.5 cm³/mol. The van der Waals surface area contributed by atoms with E-state index in [2.05, 4.69) is 10.2 Å². The van der Waals surface area contributed by atoms with Crippen LogP contribution < -0.4 is 5.32 Å². The van der Waals surface area contributed by atoms with Crippen molar-refractivity contribution < 1.29 is 10.2 Å². The van der Waals surface area contributed by atoms with E-state index in [1.54, 1.807) is 6.07 Å². The third-order valence-electron chi connectivity index (χ3n) is 5.01. The minimum atomic E-state index is 0.00319. The van der Waals surface area contributed by atoms with Crippen LogP contribution in [0.1, 0.15) is 43.7 Å². The van der Waals surface area contributed by atoms with Gasteiger partial charge in [-0.15, -0.1) is 0 Å². The lowest BCUT2D eigenvalue weighted by Crippen LogP contribution is -2.47. The number of rotatable bonds is 3. The summed E-state index contributed by atoms with van der Waals surface area (Å²) in [5, 5.41) is 23.6. The lowest BCUT2D eigenvalue weighted by Gasteiger charge is -2.41. The number of aromatic hydroxyl groups is 2. The lowest BCUT2D eigenvalue weighted by atomic mass is 9.80. The van der Waals surface area contributed by atoms with Gasteiger partial charge in [0, 0.05) is 37.8 Å². The average Bonchev–Trinajstić information content (AvgIpc) is 2.54. The first kappa shape index (κ1) is 14.7. The van der Waals surface area contributed by atoms with Crippen LogP contribution in [0.5, 0.6) is 11.5 Å². The summed E-state index contributed by atoms with van der Waals surface area (Å²) in [6.45, 7) is 4.03. The van der Waals surface area contributed by atoms with Crippen molar-refractivity contribution in [2.75, 3.05) is 26.2 Å². The molecule has 1 atom stereocenters. The van der Waals surface area contributed by atoms with Gasteiger partial charge in [-0.1, -0.05) is 31.4 Å². The number of phenols is 2. The third-order valence-corrected chi connectivity index (χ3v) is 5.01. The standard InChI is InChI=1S/C17H26N2O2/c20-15-8-4-7-14(17(15)21)16(13-5-2-1-3-6-13)19-11-9-18-10-12-19/h4,7-8,13,16,18,20-21H,1-3,5-6,9-12H2/t16-/m1/s1. The van der Waals surface area contributed by atoms with Crippen molar-refractivity contribution in [1.29, 1.82) is 0 Å². The molecule has 0 amide bonds. The van der Waals surface area contributed by atoms with Crippen molar-refractivity contribution in [3.05, 3.63) is 23.8 Å². The number of para-hydroxylation sites is 1. The van der Waals surface area contributed by atoms with Crippen molar-refractivity contribution in [3.63, 3.8) is 0 Å². The van der Waals surface area contributed by atoms with Crippen LogP contribution in [0.25, 0.3) is 0 Å². The van der Waals surface area contributed by atoms with E-state index in [-0.39, 0.29) is 17.5 Å². The second-order valence-corrected chi connectivity index (χ2v) is 6.34. The summed E-state index contributed by atoms with van der Waals surface area (Å²) in [4.78, 5) is 2.49. The quantitative estimate of drug-likeness (QED) is 0.749. The van der Waals surface area contributed by atoms with Crippen molar-refractivity contribution >= 4 is 0 Å². The number of hydrogen-bond acceptors (Lipinski definition) is 4. The SMILES string of the molecule is Oc1cccc([C@@H](C2CCCCC2)N2CCNCC2)c1O. The van der Waals surface area contributed by atoms with Crippen molar-refractivity contribution in [2.24, 2.45) is 5.92 Å². The Labute approximate surface area is 126 Å². The molecule has 1 aliphatic carbocycles. The minimum Gasteiger partial charge on any atom is -0.504 e. The van der Waals surface area contributed by atoms with Crippen LogP contribution in [-0.4, -0.2) is 41.3 Å². The van der Waals surface area contributed by atoms with E-state index in [0.717, 1.165) is 31.7 Å². The first-order valence-electron chi connectivity index (χ1n) is 8.23. The number of nitrogens with zero attached hydrogens (tertiary/aromatic N) is 1. The molecule has 1 aromatic rings. The molecule has 1 saturated heterocycles. The maximum absolute atomic E-state index is 10.3. The number of nitrogens with one attached hydrogen (secondary N) is 1. The van der Waals surface area contributed by atoms with Crippen LogP contribution in [0.15, 0.2) is 18.2 Å². The summed E-state index contributed by atoms with van der Waals surface area (Å²) in [7, 11) is 0. The molecule has 0 bridgehead atoms. The van der Waals surface area contributed by atoms with E-state index in [9.17, 15) is 10.2 Å². The smallest absolute Gasteiger partial charge is 0.162 e. The normalized spacial score (nSPS) is 23.0. The van der Waals surface area contributed by atoms with Crippen molar-refractivity contribution in [1.82, 2.24) is 10.2 Å². The van der Waals surface area contributed by atoms with Gasteiger partial charge < -0.3 is 15.5 Å². The number of hydrogen-bond donors (Lipinski definition) is 3. The van der Waals surface area contributed by atoms with Gasteiger partial charge in [-0.2, -0.15) is 0 Å². The van der Waals surface area contributed by atoms with Crippen LogP contribution in [-0.2, 0) is 0 Å². The molecule has 4 heteroatoms. The molecule has 0 spiro atoms. The zero-order valence-corrected chi connectivity index (χ0v) is 12.6. The van der Waals surface area contributed by atoms with E-state index in [1.165, 1.54) is 32.1 Å². The fourth-order valence-electron chi connectivity index (χ4n) is 3.95. The van der Waals surface area contributed by atoms with Gasteiger partial charge >= 0.3 is 0 Å². The number of benzene rings is 1. The maximum Gasteiger partial charge on any atom is 0.162 e. The van der Waals surface area contributed by atoms with E-state index in [4.69, 9.17) is 0 Å². The van der Waals surface area contributed by atoms with Crippen LogP contribution in [0.4, 0.5) is 0 Å². The molecule has 3 N–H and O–H groups in total. The van der Waals surface area contributed by atoms with Crippen molar-refractivity contribution in [2.45, 2.75) is 38.1 Å². The molecule has 21 heavy (non-hydrogen) atoms. The molecular formula is C17H26N2O2. The Kier molecular flexibility index (Phi) is 4.66. The van der Waals surface area contributed by atoms with Gasteiger partial charge in [0.25, 0.3) is 0 Å². The third kappa shape index (κ3) is 3.16. The Morgan fingerprint density at radius 1 is 1.05 bits per heavy atom. The van der Waals surface area contributed by atoms with Gasteiger partial charge in [-0.3, -0.25) is 4.90 Å². The zero-order chi connectivity index (χ0) is 14.7. The van der Waals surface area contributed by atoms with E-state index in [1.807, 2.05) is 12.1 Å². The van der Waals surface area contributed by atoms with Gasteiger partial charge in [0.15, 0.2) is 11.5 Å². The summed E-state index contributed by atoms with van der Waals surface area (Å²) >= 11 is 0. The molecule has 2 fully saturated rings. The summed E-state index contributed by atoms with van der Waals surface area (Å²) < 4.78 is 0. The number of phenolic OH excluding ortho intramolecular Hbond substituents is 2. The fourth-order valence-corrected chi connectivity index (χ4v) is 3.95. The predicted octanol–water partition coefficient (Wildman–Crippen LogP) is 2.62. The van der Waals surface area contributed by atoms with E-state index in [0.29, 0.717) is 5.92 Å². The molecule has 3 rings (SSSR count). The maximum atomic E-state index is 10.3. The number of piperazine rings is 1. The zero-order valence-electron chi connectivity index (χ0n) is 12.6. The second-order valence-electron chi connectivity index (χ2n) is 6.34. The Morgan fingerprint density at radius 3 is 2.48 bits per heavy atom. The van der Waals surface area contributed by atoms with Crippen LogP contribution in [0.2, 0.25) is 0 Å². The Hall–Kier alpha value is -1.26. The lowest BCUT2D eigenvalue weighted by molar-refractivity contribution is 0.101. The molecule has 1 heterocycles. The first-order chi connectivity index (χ1) is 10.3. The van der Waals surface area contributed by atoms with E-state index < -0.39 is 0 Å². The molecular weight excluding hydrogens is 264 g/mol. The van der Waals surface area contributed by atoms with Crippen molar-refractivity contribution in [3.8, 4) is 11.5 Å². The molecule has 1 aliphatic heterocycles. The highest BCUT2D eigenvalue weighted by atomic mass is 16.3. The van der Waals surface area contributed by atoms with Gasteiger partial charge in [0.1, 0.15) is 0 Å². The molecule has 0 radical (unpaired) electrons. The summed E-state index contributed by atoms with van der Waals surface area (Å²) in [6.07, 6.45) is 6.35. The molecule has 0 aromatic heterocycles. The highest BCUT2D eigenvalue weighted by molar-refractivity contribution is 5.46. The molecule has 116 valence electrons. The molecule has 0 unspecified atom stereocenters. The Bertz CT molecular complexity index is 448. The van der Waals surface area contributed by atoms with Gasteiger partial charge in [-0.05, 0) is 24.8 Å². The Balaban J connectivity index is 1.91. The molecule has 1 saturated carbocycles. The largest absolute Gasteiger partial charge is 0.504 e. The Morgan fingerprint density at radius 2 is 1.76 bits per heavy atom. The van der Waals surface area contributed by atoms with E-state index >= 15 is 0 Å². The summed E-state index contributed by atoms with van der Waals surface area (Å²) in [6, 6.07) is 5.63. The fraction of sp³-hybridized carbons (Fsp3) is 0.647. The van der Waals surface area contributed by atoms with Crippen LogP contribution >= 0.6 is 0 Å². The van der Waals surface area contributed by atoms with Crippen LogP contribution in [0.3, 0.4) is 0 Å². The minimum absolute atomic E-state index is 0.00319. The van der Waals surface area contributed by atoms with Crippen LogP contribution in [0, 0.1) is 5.92 Å². The summed E-state index contributed by atoms with van der Waals surface area (Å²) in [5.41, 5.74) is 0.906. The topological polar surface area (TPSA) is 55.7 Å². The average molecular weight is 290 g/mol. The highest BCUT2D eigenvalue weighted by Gasteiger charge is 2.32. The van der Waals surface area contributed by atoms with Gasteiger partial charge in [-0.25, -0.2) is 0 Å². The first-order valence-corrected chi connectivity index (χ1v) is 8.23. The summed E-state index contributed by atoms with van der Waals surface area (Å²) in [5.74, 6) is 0.666.